The fourth-order valence-corrected chi connectivity index (χ4v) is 6.67. The highest BCUT2D eigenvalue weighted by Gasteiger charge is 2.25. The van der Waals surface area contributed by atoms with Gasteiger partial charge in [-0.1, -0.05) is 72.8 Å². The molecule has 0 saturated heterocycles. The molecule has 54 heavy (non-hydrogen) atoms. The summed E-state index contributed by atoms with van der Waals surface area (Å²) >= 11 is 0. The zero-order valence-electron chi connectivity index (χ0n) is 28.6. The van der Waals surface area contributed by atoms with E-state index in [1.807, 2.05) is 0 Å². The number of phenols is 2. The first-order valence-corrected chi connectivity index (χ1v) is 17.0. The zero-order valence-corrected chi connectivity index (χ0v) is 28.6. The average Bonchev–Trinajstić information content (AvgIpc) is 3.17. The summed E-state index contributed by atoms with van der Waals surface area (Å²) in [6.07, 6.45) is -0.304. The van der Waals surface area contributed by atoms with Crippen LogP contribution in [0.5, 0.6) is 23.0 Å². The lowest BCUT2D eigenvalue weighted by atomic mass is 9.89. The number of fused-ring (bicyclic) bond motifs is 8. The first-order valence-electron chi connectivity index (χ1n) is 17.0. The molecule has 8 bridgehead atoms. The predicted octanol–water partition coefficient (Wildman–Crippen LogP) is 7.61. The molecular formula is C44H32O10. The molecule has 268 valence electrons. The molecule has 7 rings (SSSR count). The summed E-state index contributed by atoms with van der Waals surface area (Å²) in [6, 6.07) is 32.1. The topological polar surface area (TPSA) is 168 Å². The summed E-state index contributed by atoms with van der Waals surface area (Å²) in [5.41, 5.74) is 2.89. The minimum absolute atomic E-state index is 0.0637. The number of hydrogen-bond donors (Lipinski definition) is 4. The van der Waals surface area contributed by atoms with Crippen molar-refractivity contribution in [1.82, 2.24) is 0 Å². The fourth-order valence-electron chi connectivity index (χ4n) is 6.67. The van der Waals surface area contributed by atoms with E-state index in [2.05, 4.69) is 0 Å². The Balaban J connectivity index is 1.48. The van der Waals surface area contributed by atoms with Gasteiger partial charge < -0.3 is 29.9 Å². The Morgan fingerprint density at radius 2 is 0.722 bits per heavy atom. The monoisotopic (exact) mass is 720 g/mol. The molecule has 1 aliphatic rings. The van der Waals surface area contributed by atoms with E-state index in [4.69, 9.17) is 9.47 Å². The highest BCUT2D eigenvalue weighted by atomic mass is 16.5. The minimum Gasteiger partial charge on any atom is -0.507 e. The lowest BCUT2D eigenvalue weighted by Crippen LogP contribution is -2.15. The average molecular weight is 721 g/mol. The normalized spacial score (nSPS) is 12.0. The number of carbonyl (C=O) groups excluding carboxylic acids is 2. The van der Waals surface area contributed by atoms with Crippen LogP contribution in [-0.2, 0) is 25.7 Å². The molecule has 4 N–H and O–H groups in total. The van der Waals surface area contributed by atoms with Crippen molar-refractivity contribution in [3.8, 4) is 23.0 Å². The lowest BCUT2D eigenvalue weighted by molar-refractivity contribution is 0.0685. The van der Waals surface area contributed by atoms with Crippen LogP contribution in [0.25, 0.3) is 0 Å². The van der Waals surface area contributed by atoms with Gasteiger partial charge in [-0.3, -0.25) is 0 Å². The molecule has 6 aromatic carbocycles. The van der Waals surface area contributed by atoms with Crippen molar-refractivity contribution in [2.45, 2.75) is 25.7 Å². The summed E-state index contributed by atoms with van der Waals surface area (Å²) in [6.45, 7) is 0. The Morgan fingerprint density at radius 1 is 0.389 bits per heavy atom. The molecule has 0 spiro atoms. The Kier molecular flexibility index (Phi) is 9.65. The van der Waals surface area contributed by atoms with Crippen molar-refractivity contribution in [3.63, 3.8) is 0 Å². The molecule has 0 radical (unpaired) electrons. The zero-order chi connectivity index (χ0) is 37.9. The Bertz CT molecular complexity index is 2450. The third-order valence-corrected chi connectivity index (χ3v) is 9.32. The van der Waals surface area contributed by atoms with Gasteiger partial charge in [-0.2, -0.15) is 0 Å². The van der Waals surface area contributed by atoms with E-state index in [1.54, 1.807) is 97.1 Å². The largest absolute Gasteiger partial charge is 0.507 e. The number of ether oxygens (including phenoxy) is 2. The van der Waals surface area contributed by atoms with Gasteiger partial charge in [0.25, 0.3) is 0 Å². The third kappa shape index (κ3) is 7.26. The van der Waals surface area contributed by atoms with Gasteiger partial charge in [0.1, 0.15) is 23.0 Å². The number of carboxylic acid groups (broad SMARTS) is 2. The quantitative estimate of drug-likeness (QED) is 0.0992. The van der Waals surface area contributed by atoms with E-state index < -0.39 is 23.9 Å². The summed E-state index contributed by atoms with van der Waals surface area (Å²) in [4.78, 5) is 52.1. The predicted molar refractivity (Wildman–Crippen MR) is 197 cm³/mol. The SMILES string of the molecule is O=C(O)c1cc2c(O)c(c1)Cc1cccc(c1OC(=O)c1ccccc1)Cc1cc(C(=O)O)cc(c1OC(=O)c1ccccc1)Cc1cccc(c1O)C2. The molecule has 0 unspecified atom stereocenters. The van der Waals surface area contributed by atoms with Gasteiger partial charge in [-0.25, -0.2) is 19.2 Å². The number of aromatic hydroxyl groups is 2. The summed E-state index contributed by atoms with van der Waals surface area (Å²) < 4.78 is 12.2. The van der Waals surface area contributed by atoms with Crippen LogP contribution in [0, 0.1) is 0 Å². The van der Waals surface area contributed by atoms with E-state index >= 15 is 0 Å². The molecule has 0 aromatic heterocycles. The molecule has 1 aliphatic carbocycles. The molecular weight excluding hydrogens is 688 g/mol. The molecule has 0 atom stereocenters. The molecule has 6 aromatic rings. The number of esters is 2. The second-order valence-electron chi connectivity index (χ2n) is 12.9. The smallest absolute Gasteiger partial charge is 0.343 e. The van der Waals surface area contributed by atoms with Crippen molar-refractivity contribution in [3.05, 3.63) is 188 Å². The lowest BCUT2D eigenvalue weighted by Gasteiger charge is -2.21. The molecule has 0 amide bonds. The molecule has 0 aliphatic heterocycles. The van der Waals surface area contributed by atoms with Gasteiger partial charge in [0, 0.05) is 36.8 Å². The summed E-state index contributed by atoms with van der Waals surface area (Å²) in [5, 5.41) is 43.4. The van der Waals surface area contributed by atoms with Crippen LogP contribution in [0.4, 0.5) is 0 Å². The summed E-state index contributed by atoms with van der Waals surface area (Å²) in [7, 11) is 0. The van der Waals surface area contributed by atoms with Gasteiger partial charge in [0.15, 0.2) is 0 Å². The third-order valence-electron chi connectivity index (χ3n) is 9.32. The minimum atomic E-state index is -1.24. The first-order chi connectivity index (χ1) is 26.0. The van der Waals surface area contributed by atoms with Gasteiger partial charge in [0.05, 0.1) is 22.3 Å². The first kappa shape index (κ1) is 35.2. The maximum atomic E-state index is 13.6. The number of rotatable bonds is 6. The number of benzene rings is 6. The van der Waals surface area contributed by atoms with Crippen LogP contribution in [0.15, 0.2) is 121 Å². The molecule has 0 saturated carbocycles. The van der Waals surface area contributed by atoms with E-state index in [0.29, 0.717) is 22.3 Å². The van der Waals surface area contributed by atoms with E-state index in [0.717, 1.165) is 0 Å². The van der Waals surface area contributed by atoms with Gasteiger partial charge in [-0.05, 0) is 81.9 Å². The molecule has 0 fully saturated rings. The van der Waals surface area contributed by atoms with Crippen LogP contribution in [-0.4, -0.2) is 44.3 Å². The Hall–Kier alpha value is -7.20. The standard InChI is InChI=1S/C44H32O10/c45-37-27-13-7-14-28(37)18-33-23-36(42(49)50)24-34(40(33)54-44(52)26-11-5-2-6-12-26)20-30-16-8-15-29(39(30)53-43(51)25-9-3-1-4-10-25)19-32-22-35(41(47)48)21-31(17-27)38(32)46/h1-16,21-24,45-46H,17-20H2,(H,47,48)(H,49,50). The van der Waals surface area contributed by atoms with Crippen molar-refractivity contribution in [1.29, 1.82) is 0 Å². The number of para-hydroxylation sites is 2. The van der Waals surface area contributed by atoms with Crippen molar-refractivity contribution < 1.29 is 49.1 Å². The highest BCUT2D eigenvalue weighted by molar-refractivity contribution is 5.93. The molecule has 10 nitrogen and oxygen atoms in total. The summed E-state index contributed by atoms with van der Waals surface area (Å²) in [5.74, 6) is -4.01. The van der Waals surface area contributed by atoms with Gasteiger partial charge in [-0.15, -0.1) is 0 Å². The van der Waals surface area contributed by atoms with Gasteiger partial charge in [0.2, 0.25) is 0 Å². The second-order valence-corrected chi connectivity index (χ2v) is 12.9. The van der Waals surface area contributed by atoms with Crippen LogP contribution in [0.1, 0.15) is 85.9 Å². The number of carboxylic acids is 2. The van der Waals surface area contributed by atoms with Crippen LogP contribution in [0.2, 0.25) is 0 Å². The van der Waals surface area contributed by atoms with Crippen molar-refractivity contribution in [2.24, 2.45) is 0 Å². The second kappa shape index (κ2) is 14.8. The van der Waals surface area contributed by atoms with Crippen LogP contribution < -0.4 is 9.47 Å². The van der Waals surface area contributed by atoms with E-state index in [-0.39, 0.29) is 93.2 Å². The molecule has 10 heteroatoms. The number of carbonyl (C=O) groups is 4. The van der Waals surface area contributed by atoms with E-state index in [1.165, 1.54) is 24.3 Å². The number of hydrogen-bond acceptors (Lipinski definition) is 8. The molecule has 0 heterocycles. The maximum Gasteiger partial charge on any atom is 0.343 e. The maximum absolute atomic E-state index is 13.6. The van der Waals surface area contributed by atoms with Crippen LogP contribution in [0.3, 0.4) is 0 Å². The van der Waals surface area contributed by atoms with Crippen molar-refractivity contribution >= 4 is 23.9 Å². The van der Waals surface area contributed by atoms with Crippen molar-refractivity contribution in [2.75, 3.05) is 0 Å². The fraction of sp³-hybridized carbons (Fsp3) is 0.0909. The van der Waals surface area contributed by atoms with Crippen LogP contribution >= 0.6 is 0 Å². The Labute approximate surface area is 309 Å². The highest BCUT2D eigenvalue weighted by Crippen LogP contribution is 2.39. The number of phenolic OH excluding ortho intramolecular Hbond substituents is 2. The Morgan fingerprint density at radius 3 is 1.17 bits per heavy atom. The van der Waals surface area contributed by atoms with E-state index in [9.17, 15) is 39.6 Å². The van der Waals surface area contributed by atoms with Gasteiger partial charge >= 0.3 is 23.9 Å². The number of aromatic carboxylic acids is 2.